The maximum absolute atomic E-state index is 12.7. The molecule has 0 radical (unpaired) electrons. The molecular formula is C34H67O12P. The zero-order valence-corrected chi connectivity index (χ0v) is 30.0. The van der Waals surface area contributed by atoms with Crippen molar-refractivity contribution in [2.24, 2.45) is 0 Å². The first-order valence-corrected chi connectivity index (χ1v) is 19.9. The number of hydrogen-bond acceptors (Lipinski definition) is 11. The first-order chi connectivity index (χ1) is 22.5. The molecule has 1 fully saturated rings. The van der Waals surface area contributed by atoms with Gasteiger partial charge in [-0.3, -0.25) is 13.8 Å². The van der Waals surface area contributed by atoms with E-state index < -0.39 is 63.1 Å². The van der Waals surface area contributed by atoms with E-state index in [-0.39, 0.29) is 13.0 Å². The minimum absolute atomic E-state index is 0.0699. The minimum Gasteiger partial charge on any atom is -0.457 e. The lowest BCUT2D eigenvalue weighted by atomic mass is 9.85. The fourth-order valence-electron chi connectivity index (χ4n) is 5.71. The van der Waals surface area contributed by atoms with Crippen LogP contribution in [-0.2, 0) is 27.9 Å². The fraction of sp³-hybridized carbons (Fsp3) is 0.971. The smallest absolute Gasteiger partial charge is 0.457 e. The topological polar surface area (TPSA) is 192 Å². The molecule has 0 aromatic carbocycles. The van der Waals surface area contributed by atoms with Crippen LogP contribution in [0.25, 0.3) is 0 Å². The molecule has 47 heavy (non-hydrogen) atoms. The molecule has 1 rings (SSSR count). The molecule has 0 amide bonds. The van der Waals surface area contributed by atoms with E-state index >= 15 is 0 Å². The lowest BCUT2D eigenvalue weighted by molar-refractivity contribution is -0.220. The number of unbranched alkanes of at least 4 members (excludes halogenated alkanes) is 18. The molecule has 6 unspecified atom stereocenters. The number of esters is 1. The predicted octanol–water partition coefficient (Wildman–Crippen LogP) is 5.47. The zero-order chi connectivity index (χ0) is 34.9. The monoisotopic (exact) mass is 698 g/mol. The Labute approximate surface area is 283 Å². The summed E-state index contributed by atoms with van der Waals surface area (Å²) in [6.45, 7) is 4.19. The third-order valence-electron chi connectivity index (χ3n) is 8.73. The predicted molar refractivity (Wildman–Crippen MR) is 180 cm³/mol. The lowest BCUT2D eigenvalue weighted by Crippen LogP contribution is -2.64. The molecular weight excluding hydrogens is 631 g/mol. The van der Waals surface area contributed by atoms with Crippen LogP contribution in [0.2, 0.25) is 0 Å². The number of hydrogen-bond donors (Lipinski definition) is 6. The van der Waals surface area contributed by atoms with Gasteiger partial charge in [-0.2, -0.15) is 0 Å². The molecule has 0 aromatic heterocycles. The number of ether oxygens (including phenoxy) is 2. The SMILES string of the molecule is CCCCCCCCCCCCCCOC[C@H](COP(=O)(O)OC1C(O)C(O)C(O)[C@@H](O)C1O)OC(=O)CCCCCCCCCC. The largest absolute Gasteiger partial charge is 0.472 e. The maximum Gasteiger partial charge on any atom is 0.472 e. The van der Waals surface area contributed by atoms with E-state index in [1.54, 1.807) is 0 Å². The van der Waals surface area contributed by atoms with E-state index in [0.29, 0.717) is 13.0 Å². The minimum atomic E-state index is -4.99. The van der Waals surface area contributed by atoms with Gasteiger partial charge >= 0.3 is 13.8 Å². The van der Waals surface area contributed by atoms with E-state index in [1.165, 1.54) is 83.5 Å². The second-order valence-electron chi connectivity index (χ2n) is 13.1. The molecule has 12 nitrogen and oxygen atoms in total. The average molecular weight is 699 g/mol. The van der Waals surface area contributed by atoms with Crippen LogP contribution < -0.4 is 0 Å². The second-order valence-corrected chi connectivity index (χ2v) is 14.5. The highest BCUT2D eigenvalue weighted by Gasteiger charge is 2.51. The number of aliphatic hydroxyl groups is 5. The highest BCUT2D eigenvalue weighted by Crippen LogP contribution is 2.47. The van der Waals surface area contributed by atoms with Gasteiger partial charge in [0.2, 0.25) is 0 Å². The van der Waals surface area contributed by atoms with E-state index in [4.69, 9.17) is 18.5 Å². The molecule has 0 spiro atoms. The first-order valence-electron chi connectivity index (χ1n) is 18.4. The van der Waals surface area contributed by atoms with Crippen LogP contribution in [0.5, 0.6) is 0 Å². The van der Waals surface area contributed by atoms with Crippen molar-refractivity contribution in [3.8, 4) is 0 Å². The second kappa shape index (κ2) is 27.1. The van der Waals surface area contributed by atoms with Crippen LogP contribution in [0.1, 0.15) is 149 Å². The van der Waals surface area contributed by atoms with Crippen LogP contribution in [-0.4, -0.2) is 98.9 Å². The Morgan fingerprint density at radius 3 is 1.47 bits per heavy atom. The number of rotatable bonds is 30. The summed E-state index contributed by atoms with van der Waals surface area (Å²) in [4.78, 5) is 22.8. The van der Waals surface area contributed by atoms with Crippen molar-refractivity contribution in [1.82, 2.24) is 0 Å². The number of phosphoric acid groups is 1. The first kappa shape index (κ1) is 44.4. The standard InChI is InChI=1S/C34H67O12P/c1-3-5-7-9-11-13-14-15-16-18-20-22-24-43-25-27(45-28(35)23-21-19-17-12-10-8-6-4-2)26-44-47(41,42)46-34-32(39)30(37)29(36)31(38)33(34)40/h27,29-34,36-40H,3-26H2,1-2H3,(H,41,42)/t27-,29?,30-,31?,32?,33?,34?/m1/s1. The summed E-state index contributed by atoms with van der Waals surface area (Å²) in [6, 6.07) is 0. The summed E-state index contributed by atoms with van der Waals surface area (Å²) in [6.07, 6.45) is 10.6. The molecule has 0 aromatic rings. The molecule has 8 atom stereocenters. The van der Waals surface area contributed by atoms with Crippen molar-refractivity contribution in [1.29, 1.82) is 0 Å². The summed E-state index contributed by atoms with van der Waals surface area (Å²) in [5, 5.41) is 49.8. The van der Waals surface area contributed by atoms with E-state index in [9.17, 15) is 39.8 Å². The summed E-state index contributed by atoms with van der Waals surface area (Å²) >= 11 is 0. The third-order valence-corrected chi connectivity index (χ3v) is 9.72. The summed E-state index contributed by atoms with van der Waals surface area (Å²) < 4.78 is 33.8. The van der Waals surface area contributed by atoms with Crippen LogP contribution in [0, 0.1) is 0 Å². The third kappa shape index (κ3) is 20.6. The molecule has 6 N–H and O–H groups in total. The Morgan fingerprint density at radius 2 is 1.00 bits per heavy atom. The van der Waals surface area contributed by atoms with Gasteiger partial charge in [0.25, 0.3) is 0 Å². The Morgan fingerprint density at radius 1 is 0.596 bits per heavy atom. The molecule has 280 valence electrons. The van der Waals surface area contributed by atoms with Crippen molar-refractivity contribution >= 4 is 13.8 Å². The number of aliphatic hydroxyl groups excluding tert-OH is 5. The van der Waals surface area contributed by atoms with Crippen LogP contribution in [0.4, 0.5) is 0 Å². The molecule has 1 saturated carbocycles. The summed E-state index contributed by atoms with van der Waals surface area (Å²) in [5.74, 6) is -0.481. The Balaban J connectivity index is 2.48. The molecule has 0 aliphatic heterocycles. The molecule has 1 aliphatic rings. The van der Waals surface area contributed by atoms with Crippen molar-refractivity contribution in [2.45, 2.75) is 191 Å². The number of carbonyl (C=O) groups is 1. The van der Waals surface area contributed by atoms with Crippen molar-refractivity contribution in [3.05, 3.63) is 0 Å². The van der Waals surface area contributed by atoms with Crippen LogP contribution >= 0.6 is 7.82 Å². The molecule has 1 aliphatic carbocycles. The lowest BCUT2D eigenvalue weighted by Gasteiger charge is -2.41. The highest BCUT2D eigenvalue weighted by molar-refractivity contribution is 7.47. The summed E-state index contributed by atoms with van der Waals surface area (Å²) in [7, 11) is -4.99. The highest BCUT2D eigenvalue weighted by atomic mass is 31.2. The molecule has 13 heteroatoms. The fourth-order valence-corrected chi connectivity index (χ4v) is 6.68. The Hall–Kier alpha value is -0.660. The Bertz CT molecular complexity index is 802. The van der Waals surface area contributed by atoms with Crippen LogP contribution in [0.15, 0.2) is 0 Å². The molecule has 0 bridgehead atoms. The van der Waals surface area contributed by atoms with Gasteiger partial charge in [0.1, 0.15) is 42.7 Å². The van der Waals surface area contributed by atoms with E-state index in [1.807, 2.05) is 0 Å². The van der Waals surface area contributed by atoms with Gasteiger partial charge in [-0.15, -0.1) is 0 Å². The zero-order valence-electron chi connectivity index (χ0n) is 29.1. The molecule has 0 heterocycles. The van der Waals surface area contributed by atoms with Crippen molar-refractivity contribution < 1.29 is 58.3 Å². The van der Waals surface area contributed by atoms with Gasteiger partial charge in [-0.1, -0.05) is 129 Å². The van der Waals surface area contributed by atoms with Gasteiger partial charge in [-0.05, 0) is 12.8 Å². The normalized spacial score (nSPS) is 25.0. The summed E-state index contributed by atoms with van der Waals surface area (Å²) in [5.41, 5.74) is 0. The maximum atomic E-state index is 12.7. The van der Waals surface area contributed by atoms with Crippen molar-refractivity contribution in [2.75, 3.05) is 19.8 Å². The van der Waals surface area contributed by atoms with Gasteiger partial charge in [0.05, 0.1) is 13.2 Å². The Kier molecular flexibility index (Phi) is 25.6. The quantitative estimate of drug-likeness (QED) is 0.0316. The van der Waals surface area contributed by atoms with Gasteiger partial charge in [0.15, 0.2) is 0 Å². The van der Waals surface area contributed by atoms with Crippen LogP contribution in [0.3, 0.4) is 0 Å². The van der Waals surface area contributed by atoms with Gasteiger partial charge < -0.3 is 39.9 Å². The molecule has 0 saturated heterocycles. The average Bonchev–Trinajstić information content (AvgIpc) is 3.05. The number of carbonyl (C=O) groups excluding carboxylic acids is 1. The van der Waals surface area contributed by atoms with Gasteiger partial charge in [0, 0.05) is 13.0 Å². The number of phosphoric ester groups is 1. The van der Waals surface area contributed by atoms with E-state index in [2.05, 4.69) is 13.8 Å². The van der Waals surface area contributed by atoms with E-state index in [0.717, 1.165) is 38.5 Å². The van der Waals surface area contributed by atoms with Gasteiger partial charge in [-0.25, -0.2) is 4.57 Å². The van der Waals surface area contributed by atoms with Crippen molar-refractivity contribution in [3.63, 3.8) is 0 Å².